The van der Waals surface area contributed by atoms with Crippen molar-refractivity contribution in [1.29, 1.82) is 5.26 Å². The van der Waals surface area contributed by atoms with Gasteiger partial charge in [0.2, 0.25) is 5.91 Å². The fourth-order valence-corrected chi connectivity index (χ4v) is 7.36. The molecule has 0 spiro atoms. The average molecular weight is 443 g/mol. The summed E-state index contributed by atoms with van der Waals surface area (Å²) in [6.45, 7) is 0. The lowest BCUT2D eigenvalue weighted by molar-refractivity contribution is -0.113. The first-order chi connectivity index (χ1) is 14.1. The summed E-state index contributed by atoms with van der Waals surface area (Å²) in [6.07, 6.45) is 7.22. The number of nitrogens with one attached hydrogen (secondary N) is 2. The molecule has 0 radical (unpaired) electrons. The number of rotatable bonds is 4. The molecule has 2 aliphatic rings. The van der Waals surface area contributed by atoms with E-state index in [-0.39, 0.29) is 17.2 Å². The monoisotopic (exact) mass is 442 g/mol. The van der Waals surface area contributed by atoms with E-state index in [2.05, 4.69) is 21.4 Å². The van der Waals surface area contributed by atoms with Gasteiger partial charge in [-0.1, -0.05) is 11.8 Å². The zero-order chi connectivity index (χ0) is 20.0. The maximum Gasteiger partial charge on any atom is 0.260 e. The van der Waals surface area contributed by atoms with Crippen LogP contribution in [-0.2, 0) is 30.5 Å². The highest BCUT2D eigenvalue weighted by Crippen LogP contribution is 2.38. The normalized spacial score (nSPS) is 15.1. The molecule has 2 N–H and O–H groups in total. The van der Waals surface area contributed by atoms with Crippen LogP contribution in [0.4, 0.5) is 5.00 Å². The molecular weight excluding hydrogens is 424 g/mol. The van der Waals surface area contributed by atoms with E-state index in [0.29, 0.717) is 15.7 Å². The Morgan fingerprint density at radius 2 is 1.90 bits per heavy atom. The Morgan fingerprint density at radius 3 is 2.76 bits per heavy atom. The lowest BCUT2D eigenvalue weighted by atomic mass is 9.97. The number of aryl methyl sites for hydroxylation is 3. The van der Waals surface area contributed by atoms with Crippen molar-refractivity contribution in [2.45, 2.75) is 50.1 Å². The Labute approximate surface area is 179 Å². The van der Waals surface area contributed by atoms with Gasteiger partial charge in [0.25, 0.3) is 5.56 Å². The van der Waals surface area contributed by atoms with Crippen molar-refractivity contribution in [3.8, 4) is 6.07 Å². The third-order valence-electron chi connectivity index (χ3n) is 5.43. The van der Waals surface area contributed by atoms with Crippen molar-refractivity contribution in [2.75, 3.05) is 11.1 Å². The predicted molar refractivity (Wildman–Crippen MR) is 117 cm³/mol. The number of nitrogens with zero attached hydrogens (tertiary/aromatic N) is 2. The largest absolute Gasteiger partial charge is 0.316 e. The van der Waals surface area contributed by atoms with Crippen LogP contribution in [0.2, 0.25) is 0 Å². The van der Waals surface area contributed by atoms with E-state index in [1.807, 2.05) is 0 Å². The van der Waals surface area contributed by atoms with Crippen molar-refractivity contribution in [1.82, 2.24) is 9.97 Å². The number of nitriles is 1. The van der Waals surface area contributed by atoms with Gasteiger partial charge in [-0.05, 0) is 56.1 Å². The van der Waals surface area contributed by atoms with Gasteiger partial charge in [-0.25, -0.2) is 4.98 Å². The Balaban J connectivity index is 1.31. The number of hydrogen-bond donors (Lipinski definition) is 2. The van der Waals surface area contributed by atoms with Crippen LogP contribution in [0.25, 0.3) is 10.2 Å². The van der Waals surface area contributed by atoms with E-state index < -0.39 is 0 Å². The topological polar surface area (TPSA) is 98.6 Å². The third kappa shape index (κ3) is 3.39. The number of anilines is 1. The van der Waals surface area contributed by atoms with E-state index in [9.17, 15) is 14.9 Å². The summed E-state index contributed by atoms with van der Waals surface area (Å²) >= 11 is 4.33. The summed E-state index contributed by atoms with van der Waals surface area (Å²) in [6, 6.07) is 2.24. The lowest BCUT2D eigenvalue weighted by Gasteiger charge is -2.09. The molecule has 0 fully saturated rings. The highest BCUT2D eigenvalue weighted by Gasteiger charge is 2.23. The second-order valence-corrected chi connectivity index (χ2v) is 10.4. The minimum absolute atomic E-state index is 0.112. The zero-order valence-corrected chi connectivity index (χ0v) is 18.0. The first-order valence-corrected chi connectivity index (χ1v) is 12.3. The number of carbonyl (C=O) groups excluding carboxylic acids is 1. The van der Waals surface area contributed by atoms with Gasteiger partial charge >= 0.3 is 0 Å². The van der Waals surface area contributed by atoms with Gasteiger partial charge in [-0.2, -0.15) is 5.26 Å². The van der Waals surface area contributed by atoms with E-state index in [4.69, 9.17) is 0 Å². The zero-order valence-electron chi connectivity index (χ0n) is 15.6. The molecule has 9 heteroatoms. The molecule has 1 amide bonds. The molecule has 0 aromatic carbocycles. The Bertz CT molecular complexity index is 1230. The van der Waals surface area contributed by atoms with Gasteiger partial charge in [-0.3, -0.25) is 9.59 Å². The number of thiophene rings is 2. The van der Waals surface area contributed by atoms with E-state index in [0.717, 1.165) is 66.3 Å². The maximum absolute atomic E-state index is 12.6. The van der Waals surface area contributed by atoms with Crippen molar-refractivity contribution in [2.24, 2.45) is 0 Å². The summed E-state index contributed by atoms with van der Waals surface area (Å²) in [4.78, 5) is 35.7. The molecule has 0 bridgehead atoms. The van der Waals surface area contributed by atoms with Gasteiger partial charge in [0.15, 0.2) is 5.16 Å². The maximum atomic E-state index is 12.6. The summed E-state index contributed by atoms with van der Waals surface area (Å²) in [5.41, 5.74) is 2.75. The molecular formula is C20H18N4O2S3. The minimum Gasteiger partial charge on any atom is -0.316 e. The number of H-pyrrole nitrogens is 1. The summed E-state index contributed by atoms with van der Waals surface area (Å²) in [5, 5.41) is 14.2. The molecule has 29 heavy (non-hydrogen) atoms. The summed E-state index contributed by atoms with van der Waals surface area (Å²) in [7, 11) is 0. The van der Waals surface area contributed by atoms with E-state index >= 15 is 0 Å². The highest BCUT2D eigenvalue weighted by molar-refractivity contribution is 7.99. The molecule has 3 aromatic heterocycles. The fraction of sp³-hybridized carbons (Fsp3) is 0.400. The second kappa shape index (κ2) is 7.59. The Kier molecular flexibility index (Phi) is 4.94. The number of aromatic amines is 1. The van der Waals surface area contributed by atoms with Crippen LogP contribution in [0, 0.1) is 11.3 Å². The molecule has 2 aliphatic carbocycles. The first kappa shape index (κ1) is 18.9. The number of fused-ring (bicyclic) bond motifs is 4. The lowest BCUT2D eigenvalue weighted by Crippen LogP contribution is -2.15. The van der Waals surface area contributed by atoms with Crippen molar-refractivity contribution in [3.63, 3.8) is 0 Å². The highest BCUT2D eigenvalue weighted by atomic mass is 32.2. The van der Waals surface area contributed by atoms with Crippen molar-refractivity contribution < 1.29 is 4.79 Å². The molecule has 0 aliphatic heterocycles. The quantitative estimate of drug-likeness (QED) is 0.470. The van der Waals surface area contributed by atoms with Crippen LogP contribution in [-0.4, -0.2) is 21.6 Å². The molecule has 0 saturated carbocycles. The summed E-state index contributed by atoms with van der Waals surface area (Å²) in [5.74, 6) is -0.0629. The van der Waals surface area contributed by atoms with Gasteiger partial charge in [0, 0.05) is 9.75 Å². The molecule has 148 valence electrons. The van der Waals surface area contributed by atoms with Crippen LogP contribution in [0.15, 0.2) is 9.95 Å². The van der Waals surface area contributed by atoms with Gasteiger partial charge in [0.1, 0.15) is 15.9 Å². The summed E-state index contributed by atoms with van der Waals surface area (Å²) < 4.78 is 0. The van der Waals surface area contributed by atoms with E-state index in [1.54, 1.807) is 11.3 Å². The molecule has 3 aromatic rings. The van der Waals surface area contributed by atoms with Crippen LogP contribution < -0.4 is 10.9 Å². The van der Waals surface area contributed by atoms with Gasteiger partial charge < -0.3 is 10.3 Å². The number of amides is 1. The molecule has 0 unspecified atom stereocenters. The molecule has 3 heterocycles. The standard InChI is InChI=1S/C20H18N4O2S3/c21-8-12-10-5-3-7-13(10)28-18(12)22-15(25)9-27-20-23-17(26)16-11-4-1-2-6-14(11)29-19(16)24-20/h1-7,9H2,(H,22,25)(H,23,24,26). The molecule has 0 saturated heterocycles. The van der Waals surface area contributed by atoms with Crippen LogP contribution in [0.3, 0.4) is 0 Å². The SMILES string of the molecule is N#Cc1c(NC(=O)CSc2nc3sc4c(c3c(=O)[nH]2)CCCC4)sc2c1CCC2. The van der Waals surface area contributed by atoms with Gasteiger partial charge in [0.05, 0.1) is 16.7 Å². The first-order valence-electron chi connectivity index (χ1n) is 9.66. The van der Waals surface area contributed by atoms with Gasteiger partial charge in [-0.15, -0.1) is 22.7 Å². The fourth-order valence-electron chi connectivity index (χ4n) is 4.12. The average Bonchev–Trinajstić information content (AvgIpc) is 3.38. The van der Waals surface area contributed by atoms with Crippen molar-refractivity contribution >= 4 is 55.6 Å². The smallest absolute Gasteiger partial charge is 0.260 e. The number of thioether (sulfide) groups is 1. The third-order valence-corrected chi connectivity index (χ3v) is 8.70. The van der Waals surface area contributed by atoms with Crippen LogP contribution >= 0.6 is 34.4 Å². The number of aromatic nitrogens is 2. The number of carbonyl (C=O) groups is 1. The molecule has 5 rings (SSSR count). The Hall–Kier alpha value is -2.15. The molecule has 0 atom stereocenters. The molecule has 6 nitrogen and oxygen atoms in total. The minimum atomic E-state index is -0.195. The van der Waals surface area contributed by atoms with Crippen LogP contribution in [0.5, 0.6) is 0 Å². The Morgan fingerprint density at radius 1 is 1.14 bits per heavy atom. The predicted octanol–water partition coefficient (Wildman–Crippen LogP) is 4.02. The second-order valence-electron chi connectivity index (χ2n) is 7.27. The van der Waals surface area contributed by atoms with Crippen molar-refractivity contribution in [3.05, 3.63) is 36.8 Å². The number of hydrogen-bond acceptors (Lipinski definition) is 7. The van der Waals surface area contributed by atoms with E-state index in [1.165, 1.54) is 32.9 Å². The van der Waals surface area contributed by atoms with Crippen LogP contribution in [0.1, 0.15) is 45.7 Å².